The van der Waals surface area contributed by atoms with Crippen LogP contribution in [0.2, 0.25) is 0 Å². The fourth-order valence-corrected chi connectivity index (χ4v) is 1.59. The first-order valence-corrected chi connectivity index (χ1v) is 5.74. The number of benzene rings is 1. The molecule has 0 saturated heterocycles. The number of nitrogens with zero attached hydrogens (tertiary/aromatic N) is 1. The van der Waals surface area contributed by atoms with Crippen LogP contribution in [-0.4, -0.2) is 22.0 Å². The van der Waals surface area contributed by atoms with Crippen molar-refractivity contribution < 1.29 is 19.1 Å². The van der Waals surface area contributed by atoms with Crippen LogP contribution in [0, 0.1) is 12.7 Å². The highest BCUT2D eigenvalue weighted by atomic mass is 19.1. The number of halogens is 1. The van der Waals surface area contributed by atoms with Crippen molar-refractivity contribution in [2.24, 2.45) is 0 Å². The Morgan fingerprint density at radius 1 is 1.25 bits per heavy atom. The van der Waals surface area contributed by atoms with Crippen molar-refractivity contribution in [3.63, 3.8) is 0 Å². The number of pyridine rings is 1. The van der Waals surface area contributed by atoms with Gasteiger partial charge in [0.25, 0.3) is 5.91 Å². The molecule has 1 heterocycles. The van der Waals surface area contributed by atoms with E-state index in [0.29, 0.717) is 11.3 Å². The lowest BCUT2D eigenvalue weighted by Crippen LogP contribution is -2.15. The molecule has 0 fully saturated rings. The number of carboxylic acids is 1. The van der Waals surface area contributed by atoms with Gasteiger partial charge in [0.2, 0.25) is 0 Å². The second kappa shape index (κ2) is 5.48. The van der Waals surface area contributed by atoms with Crippen LogP contribution in [0.4, 0.5) is 10.1 Å². The minimum atomic E-state index is -1.08. The van der Waals surface area contributed by atoms with Crippen LogP contribution in [0.15, 0.2) is 36.5 Å². The van der Waals surface area contributed by atoms with Gasteiger partial charge in [-0.3, -0.25) is 4.79 Å². The van der Waals surface area contributed by atoms with Gasteiger partial charge >= 0.3 is 5.97 Å². The zero-order valence-electron chi connectivity index (χ0n) is 10.6. The summed E-state index contributed by atoms with van der Waals surface area (Å²) in [5.74, 6) is -2.15. The summed E-state index contributed by atoms with van der Waals surface area (Å²) >= 11 is 0. The first kappa shape index (κ1) is 13.7. The Balaban J connectivity index is 2.25. The second-order valence-corrected chi connectivity index (χ2v) is 4.15. The van der Waals surface area contributed by atoms with Crippen molar-refractivity contribution in [1.29, 1.82) is 0 Å². The van der Waals surface area contributed by atoms with Crippen LogP contribution in [0.5, 0.6) is 0 Å². The summed E-state index contributed by atoms with van der Waals surface area (Å²) in [6.07, 6.45) is 0.940. The van der Waals surface area contributed by atoms with Crippen molar-refractivity contribution in [1.82, 2.24) is 4.98 Å². The molecule has 0 spiro atoms. The van der Waals surface area contributed by atoms with E-state index in [9.17, 15) is 14.0 Å². The number of aromatic carboxylic acids is 1. The normalized spacial score (nSPS) is 10.1. The summed E-state index contributed by atoms with van der Waals surface area (Å²) in [6.45, 7) is 1.74. The lowest BCUT2D eigenvalue weighted by molar-refractivity contribution is 0.0696. The van der Waals surface area contributed by atoms with Gasteiger partial charge in [-0.25, -0.2) is 14.2 Å². The van der Waals surface area contributed by atoms with Crippen molar-refractivity contribution in [2.45, 2.75) is 6.92 Å². The van der Waals surface area contributed by atoms with Crippen LogP contribution < -0.4 is 5.32 Å². The smallest absolute Gasteiger partial charge is 0.335 e. The molecule has 6 heteroatoms. The molecule has 0 aliphatic heterocycles. The van der Waals surface area contributed by atoms with E-state index in [0.717, 1.165) is 12.3 Å². The lowest BCUT2D eigenvalue weighted by atomic mass is 10.1. The van der Waals surface area contributed by atoms with Gasteiger partial charge in [-0.05, 0) is 36.8 Å². The standard InChI is InChI=1S/C14H11FN2O3/c1-8-2-3-9(14(19)20)6-12(8)17-13(18)11-5-4-10(15)7-16-11/h2-7H,1H3,(H,17,18)(H,19,20). The van der Waals surface area contributed by atoms with Gasteiger partial charge < -0.3 is 10.4 Å². The Morgan fingerprint density at radius 2 is 2.00 bits per heavy atom. The fraction of sp³-hybridized carbons (Fsp3) is 0.0714. The molecule has 1 amide bonds. The third kappa shape index (κ3) is 2.97. The molecule has 1 aromatic heterocycles. The van der Waals surface area contributed by atoms with Crippen LogP contribution in [-0.2, 0) is 0 Å². The molecular formula is C14H11FN2O3. The molecule has 0 aliphatic carbocycles. The predicted molar refractivity (Wildman–Crippen MR) is 70.3 cm³/mol. The van der Waals surface area contributed by atoms with Crippen LogP contribution >= 0.6 is 0 Å². The molecular weight excluding hydrogens is 263 g/mol. The van der Waals surface area contributed by atoms with E-state index in [-0.39, 0.29) is 11.3 Å². The Morgan fingerprint density at radius 3 is 2.60 bits per heavy atom. The molecule has 5 nitrogen and oxygen atoms in total. The van der Waals surface area contributed by atoms with Crippen molar-refractivity contribution in [3.05, 3.63) is 59.2 Å². The second-order valence-electron chi connectivity index (χ2n) is 4.15. The molecule has 0 bridgehead atoms. The Hall–Kier alpha value is -2.76. The quantitative estimate of drug-likeness (QED) is 0.901. The van der Waals surface area contributed by atoms with Crippen molar-refractivity contribution in [2.75, 3.05) is 5.32 Å². The third-order valence-corrected chi connectivity index (χ3v) is 2.69. The Kier molecular flexibility index (Phi) is 3.74. The summed E-state index contributed by atoms with van der Waals surface area (Å²) in [5, 5.41) is 11.5. The number of rotatable bonds is 3. The predicted octanol–water partition coefficient (Wildman–Crippen LogP) is 2.48. The molecule has 2 aromatic rings. The summed E-state index contributed by atoms with van der Waals surface area (Å²) in [7, 11) is 0. The molecule has 0 aliphatic rings. The first-order valence-electron chi connectivity index (χ1n) is 5.74. The largest absolute Gasteiger partial charge is 0.478 e. The first-order chi connectivity index (χ1) is 9.47. The molecule has 102 valence electrons. The summed E-state index contributed by atoms with van der Waals surface area (Å²) < 4.78 is 12.7. The number of carboxylic acid groups (broad SMARTS) is 1. The molecule has 2 rings (SSSR count). The molecule has 20 heavy (non-hydrogen) atoms. The number of aromatic nitrogens is 1. The van der Waals surface area contributed by atoms with E-state index in [1.807, 2.05) is 0 Å². The van der Waals surface area contributed by atoms with E-state index in [2.05, 4.69) is 10.3 Å². The highest BCUT2D eigenvalue weighted by Crippen LogP contribution is 2.17. The topological polar surface area (TPSA) is 79.3 Å². The van der Waals surface area contributed by atoms with Crippen LogP contribution in [0.1, 0.15) is 26.4 Å². The highest BCUT2D eigenvalue weighted by Gasteiger charge is 2.11. The van der Waals surface area contributed by atoms with Crippen LogP contribution in [0.3, 0.4) is 0 Å². The Bertz CT molecular complexity index is 669. The number of aryl methyl sites for hydroxylation is 1. The molecule has 0 radical (unpaired) electrons. The summed E-state index contributed by atoms with van der Waals surface area (Å²) in [4.78, 5) is 26.5. The minimum Gasteiger partial charge on any atom is -0.478 e. The van der Waals surface area contributed by atoms with Gasteiger partial charge in [-0.2, -0.15) is 0 Å². The Labute approximate surface area is 114 Å². The molecule has 1 aromatic carbocycles. The summed E-state index contributed by atoms with van der Waals surface area (Å²) in [5.41, 5.74) is 1.20. The van der Waals surface area contributed by atoms with Gasteiger partial charge in [0.15, 0.2) is 0 Å². The average Bonchev–Trinajstić information content (AvgIpc) is 2.41. The number of amides is 1. The SMILES string of the molecule is Cc1ccc(C(=O)O)cc1NC(=O)c1ccc(F)cn1. The number of hydrogen-bond donors (Lipinski definition) is 2. The van der Waals surface area contributed by atoms with Gasteiger partial charge in [0, 0.05) is 5.69 Å². The number of anilines is 1. The zero-order valence-corrected chi connectivity index (χ0v) is 10.6. The molecule has 2 N–H and O–H groups in total. The number of carbonyl (C=O) groups excluding carboxylic acids is 1. The van der Waals surface area contributed by atoms with Crippen molar-refractivity contribution in [3.8, 4) is 0 Å². The highest BCUT2D eigenvalue weighted by molar-refractivity contribution is 6.03. The zero-order chi connectivity index (χ0) is 14.7. The monoisotopic (exact) mass is 274 g/mol. The molecule has 0 saturated carbocycles. The van der Waals surface area contributed by atoms with Gasteiger partial charge in [-0.1, -0.05) is 6.07 Å². The van der Waals surface area contributed by atoms with E-state index in [1.165, 1.54) is 18.2 Å². The molecule has 0 unspecified atom stereocenters. The molecule has 0 atom stereocenters. The van der Waals surface area contributed by atoms with E-state index in [4.69, 9.17) is 5.11 Å². The number of hydrogen-bond acceptors (Lipinski definition) is 3. The average molecular weight is 274 g/mol. The van der Waals surface area contributed by atoms with Gasteiger partial charge in [0.1, 0.15) is 11.5 Å². The van der Waals surface area contributed by atoms with Gasteiger partial charge in [-0.15, -0.1) is 0 Å². The fourth-order valence-electron chi connectivity index (χ4n) is 1.59. The maximum Gasteiger partial charge on any atom is 0.335 e. The third-order valence-electron chi connectivity index (χ3n) is 2.69. The van der Waals surface area contributed by atoms with Gasteiger partial charge in [0.05, 0.1) is 11.8 Å². The maximum atomic E-state index is 12.7. The lowest BCUT2D eigenvalue weighted by Gasteiger charge is -2.09. The van der Waals surface area contributed by atoms with Crippen molar-refractivity contribution >= 4 is 17.6 Å². The minimum absolute atomic E-state index is 0.0477. The van der Waals surface area contributed by atoms with E-state index >= 15 is 0 Å². The van der Waals surface area contributed by atoms with E-state index in [1.54, 1.807) is 13.0 Å². The summed E-state index contributed by atoms with van der Waals surface area (Å²) in [6, 6.07) is 6.78. The van der Waals surface area contributed by atoms with E-state index < -0.39 is 17.7 Å². The number of carbonyl (C=O) groups is 2. The number of nitrogens with one attached hydrogen (secondary N) is 1. The van der Waals surface area contributed by atoms with Crippen LogP contribution in [0.25, 0.3) is 0 Å². The maximum absolute atomic E-state index is 12.7.